The van der Waals surface area contributed by atoms with Crippen molar-refractivity contribution in [2.24, 2.45) is 5.10 Å². The predicted octanol–water partition coefficient (Wildman–Crippen LogP) is 3.38. The lowest BCUT2D eigenvalue weighted by Gasteiger charge is -2.22. The summed E-state index contributed by atoms with van der Waals surface area (Å²) in [6, 6.07) is 10.5. The Morgan fingerprint density at radius 3 is 2.71 bits per heavy atom. The smallest absolute Gasteiger partial charge is 0.0525 e. The summed E-state index contributed by atoms with van der Waals surface area (Å²) in [7, 11) is 0. The molecule has 0 N–H and O–H groups in total. The van der Waals surface area contributed by atoms with Crippen LogP contribution in [0.25, 0.3) is 0 Å². The summed E-state index contributed by atoms with van der Waals surface area (Å²) >= 11 is 0. The van der Waals surface area contributed by atoms with Crippen LogP contribution in [0.3, 0.4) is 0 Å². The number of benzene rings is 1. The van der Waals surface area contributed by atoms with Crippen LogP contribution in [0.15, 0.2) is 59.4 Å². The molecule has 0 atom stereocenters. The van der Waals surface area contributed by atoms with Gasteiger partial charge in [-0.05, 0) is 37.0 Å². The van der Waals surface area contributed by atoms with Gasteiger partial charge in [0, 0.05) is 6.54 Å². The van der Waals surface area contributed by atoms with Gasteiger partial charge in [-0.3, -0.25) is 5.01 Å². The molecule has 0 saturated carbocycles. The molecule has 88 valence electrons. The van der Waals surface area contributed by atoms with Gasteiger partial charge in [0.15, 0.2) is 0 Å². The molecule has 0 spiro atoms. The number of allylic oxidation sites excluding steroid dienone is 2. The summed E-state index contributed by atoms with van der Waals surface area (Å²) < 4.78 is 0. The summed E-state index contributed by atoms with van der Waals surface area (Å²) in [6.45, 7) is 6.97. The first-order valence-corrected chi connectivity index (χ1v) is 5.98. The maximum Gasteiger partial charge on any atom is 0.0525 e. The normalized spacial score (nSPS) is 15.0. The van der Waals surface area contributed by atoms with Crippen molar-refractivity contribution in [3.8, 4) is 0 Å². The van der Waals surface area contributed by atoms with E-state index in [9.17, 15) is 0 Å². The van der Waals surface area contributed by atoms with E-state index in [0.717, 1.165) is 30.7 Å². The first-order chi connectivity index (χ1) is 8.25. The maximum atomic E-state index is 4.36. The molecule has 2 rings (SSSR count). The van der Waals surface area contributed by atoms with Crippen LogP contribution in [0.4, 0.5) is 0 Å². The molecule has 17 heavy (non-hydrogen) atoms. The highest BCUT2D eigenvalue weighted by Gasteiger charge is 2.07. The molecule has 1 aliphatic heterocycles. The molecular formula is C15H18N2. The third-order valence-electron chi connectivity index (χ3n) is 2.80. The fourth-order valence-electron chi connectivity index (χ4n) is 1.89. The van der Waals surface area contributed by atoms with Gasteiger partial charge in [0.1, 0.15) is 0 Å². The van der Waals surface area contributed by atoms with Crippen LogP contribution in [0, 0.1) is 0 Å². The van der Waals surface area contributed by atoms with Crippen LogP contribution in [0.5, 0.6) is 0 Å². The van der Waals surface area contributed by atoms with Crippen molar-refractivity contribution in [2.75, 3.05) is 6.54 Å². The van der Waals surface area contributed by atoms with Crippen LogP contribution >= 0.6 is 0 Å². The molecular weight excluding hydrogens is 208 g/mol. The fraction of sp³-hybridized carbons (Fsp3) is 0.267. The van der Waals surface area contributed by atoms with Crippen molar-refractivity contribution in [3.63, 3.8) is 0 Å². The van der Waals surface area contributed by atoms with Crippen LogP contribution in [-0.2, 0) is 6.42 Å². The predicted molar refractivity (Wildman–Crippen MR) is 72.9 cm³/mol. The van der Waals surface area contributed by atoms with Gasteiger partial charge in [-0.2, -0.15) is 5.10 Å². The molecule has 2 nitrogen and oxygen atoms in total. The molecule has 0 aromatic heterocycles. The van der Waals surface area contributed by atoms with Crippen molar-refractivity contribution in [1.29, 1.82) is 0 Å². The van der Waals surface area contributed by atoms with Gasteiger partial charge >= 0.3 is 0 Å². The van der Waals surface area contributed by atoms with Crippen molar-refractivity contribution < 1.29 is 0 Å². The van der Waals surface area contributed by atoms with Gasteiger partial charge in [-0.1, -0.05) is 36.9 Å². The molecule has 1 aliphatic rings. The van der Waals surface area contributed by atoms with E-state index in [1.165, 1.54) is 5.56 Å². The Morgan fingerprint density at radius 1 is 1.24 bits per heavy atom. The molecule has 1 aromatic carbocycles. The Kier molecular flexibility index (Phi) is 3.76. The quantitative estimate of drug-likeness (QED) is 0.768. The average molecular weight is 226 g/mol. The third-order valence-corrected chi connectivity index (χ3v) is 2.80. The largest absolute Gasteiger partial charge is 0.266 e. The Bertz CT molecular complexity index is 443. The molecule has 1 heterocycles. The van der Waals surface area contributed by atoms with Crippen molar-refractivity contribution >= 4 is 6.21 Å². The maximum absolute atomic E-state index is 4.36. The number of hydrogen-bond acceptors (Lipinski definition) is 2. The summed E-state index contributed by atoms with van der Waals surface area (Å²) in [5.74, 6) is 0. The highest BCUT2D eigenvalue weighted by atomic mass is 15.5. The standard InChI is InChI=1S/C15H18N2/c1-13-11-14(2)17(16-12-13)10-6-9-15-7-4-3-5-8-15/h3-5,7-8,11-12H,2,6,9-10H2,1H3. The summed E-state index contributed by atoms with van der Waals surface area (Å²) in [5.41, 5.74) is 3.53. The number of nitrogens with zero attached hydrogens (tertiary/aromatic N) is 2. The SMILES string of the molecule is C=C1C=C(C)C=NN1CCCc1ccccc1. The van der Waals surface area contributed by atoms with E-state index in [0.29, 0.717) is 0 Å². The second kappa shape index (κ2) is 5.48. The van der Waals surface area contributed by atoms with Crippen LogP contribution in [-0.4, -0.2) is 17.8 Å². The lowest BCUT2D eigenvalue weighted by Crippen LogP contribution is -2.20. The molecule has 2 heteroatoms. The summed E-state index contributed by atoms with van der Waals surface area (Å²) in [6.07, 6.45) is 6.13. The number of hydrazone groups is 1. The van der Waals surface area contributed by atoms with Crippen molar-refractivity contribution in [1.82, 2.24) is 5.01 Å². The van der Waals surface area contributed by atoms with Crippen molar-refractivity contribution in [3.05, 3.63) is 59.8 Å². The Balaban J connectivity index is 1.80. The summed E-state index contributed by atoms with van der Waals surface area (Å²) in [4.78, 5) is 0. The van der Waals surface area contributed by atoms with Gasteiger partial charge in [0.05, 0.1) is 11.9 Å². The van der Waals surface area contributed by atoms with Crippen LogP contribution < -0.4 is 0 Å². The van der Waals surface area contributed by atoms with Gasteiger partial charge in [0.2, 0.25) is 0 Å². The third kappa shape index (κ3) is 3.31. The van der Waals surface area contributed by atoms with E-state index >= 15 is 0 Å². The number of hydrogen-bond donors (Lipinski definition) is 0. The molecule has 0 bridgehead atoms. The molecule has 0 aliphatic carbocycles. The minimum atomic E-state index is 0.925. The highest BCUT2D eigenvalue weighted by molar-refractivity contribution is 5.79. The van der Waals surface area contributed by atoms with Gasteiger partial charge in [0.25, 0.3) is 0 Å². The van der Waals surface area contributed by atoms with E-state index in [1.807, 2.05) is 24.2 Å². The average Bonchev–Trinajstić information content (AvgIpc) is 2.33. The monoisotopic (exact) mass is 226 g/mol. The Morgan fingerprint density at radius 2 is 2.00 bits per heavy atom. The molecule has 0 amide bonds. The first-order valence-electron chi connectivity index (χ1n) is 5.98. The topological polar surface area (TPSA) is 15.6 Å². The second-order valence-electron chi connectivity index (χ2n) is 4.34. The first kappa shape index (κ1) is 11.6. The van der Waals surface area contributed by atoms with Crippen LogP contribution in [0.2, 0.25) is 0 Å². The minimum absolute atomic E-state index is 0.925. The zero-order valence-electron chi connectivity index (χ0n) is 10.3. The molecule has 0 unspecified atom stereocenters. The van der Waals surface area contributed by atoms with Crippen molar-refractivity contribution in [2.45, 2.75) is 19.8 Å². The van der Waals surface area contributed by atoms with E-state index < -0.39 is 0 Å². The minimum Gasteiger partial charge on any atom is -0.266 e. The van der Waals surface area contributed by atoms with Crippen LogP contribution in [0.1, 0.15) is 18.9 Å². The lowest BCUT2D eigenvalue weighted by molar-refractivity contribution is 0.369. The van der Waals surface area contributed by atoms with E-state index in [1.54, 1.807) is 0 Å². The zero-order valence-corrected chi connectivity index (χ0v) is 10.3. The molecule has 1 aromatic rings. The van der Waals surface area contributed by atoms with Gasteiger partial charge < -0.3 is 0 Å². The van der Waals surface area contributed by atoms with E-state index in [4.69, 9.17) is 0 Å². The number of aryl methyl sites for hydroxylation is 1. The Hall–Kier alpha value is -1.83. The zero-order chi connectivity index (χ0) is 12.1. The number of rotatable bonds is 4. The fourth-order valence-corrected chi connectivity index (χ4v) is 1.89. The second-order valence-corrected chi connectivity index (χ2v) is 4.34. The van der Waals surface area contributed by atoms with Gasteiger partial charge in [-0.25, -0.2) is 0 Å². The molecule has 0 radical (unpaired) electrons. The molecule has 0 saturated heterocycles. The van der Waals surface area contributed by atoms with E-state index in [-0.39, 0.29) is 0 Å². The van der Waals surface area contributed by atoms with Gasteiger partial charge in [-0.15, -0.1) is 0 Å². The highest BCUT2D eigenvalue weighted by Crippen LogP contribution is 2.13. The Labute approximate surface area is 103 Å². The lowest BCUT2D eigenvalue weighted by atomic mass is 10.1. The van der Waals surface area contributed by atoms with E-state index in [2.05, 4.69) is 42.0 Å². The molecule has 0 fully saturated rings. The summed E-state index contributed by atoms with van der Waals surface area (Å²) in [5, 5.41) is 6.33.